The van der Waals surface area contributed by atoms with Crippen LogP contribution >= 0.6 is 12.4 Å². The Labute approximate surface area is 155 Å². The molecule has 0 saturated carbocycles. The van der Waals surface area contributed by atoms with Crippen LogP contribution in [0, 0.1) is 11.8 Å². The molecule has 1 N–H and O–H groups in total. The van der Waals surface area contributed by atoms with Crippen LogP contribution in [-0.4, -0.2) is 30.4 Å². The number of carbonyl (C=O) groups is 1. The highest BCUT2D eigenvalue weighted by molar-refractivity contribution is 5.85. The molecule has 2 atom stereocenters. The summed E-state index contributed by atoms with van der Waals surface area (Å²) < 4.78 is 0. The van der Waals surface area contributed by atoms with E-state index in [9.17, 15) is 4.79 Å². The molecule has 25 heavy (non-hydrogen) atoms. The molecule has 1 amide bonds. The normalized spacial score (nSPS) is 20.8. The Morgan fingerprint density at radius 1 is 1.08 bits per heavy atom. The van der Waals surface area contributed by atoms with Gasteiger partial charge >= 0.3 is 0 Å². The zero-order valence-corrected chi connectivity index (χ0v) is 15.3. The number of halogens is 1. The SMILES string of the molecule is CC(C(=O)N1CCc2ccccc2C1c1ccccc1)C1CNC1.Cl. The fourth-order valence-corrected chi connectivity index (χ4v) is 3.93. The Morgan fingerprint density at radius 2 is 1.76 bits per heavy atom. The summed E-state index contributed by atoms with van der Waals surface area (Å²) in [7, 11) is 0. The van der Waals surface area contributed by atoms with Gasteiger partial charge in [0.25, 0.3) is 0 Å². The molecular formula is C21H25ClN2O. The van der Waals surface area contributed by atoms with Crippen molar-refractivity contribution in [3.63, 3.8) is 0 Å². The third-order valence-electron chi connectivity index (χ3n) is 5.59. The lowest BCUT2D eigenvalue weighted by Gasteiger charge is -2.41. The summed E-state index contributed by atoms with van der Waals surface area (Å²) in [5.74, 6) is 0.860. The zero-order chi connectivity index (χ0) is 16.5. The van der Waals surface area contributed by atoms with Gasteiger partial charge in [-0.15, -0.1) is 12.4 Å². The minimum atomic E-state index is 0. The first kappa shape index (κ1) is 18.0. The predicted molar refractivity (Wildman–Crippen MR) is 103 cm³/mol. The second-order valence-corrected chi connectivity index (χ2v) is 7.00. The molecule has 2 aliphatic rings. The topological polar surface area (TPSA) is 32.3 Å². The lowest BCUT2D eigenvalue weighted by Crippen LogP contribution is -2.52. The molecule has 3 nitrogen and oxygen atoms in total. The van der Waals surface area contributed by atoms with Gasteiger partial charge in [0.15, 0.2) is 0 Å². The number of nitrogens with one attached hydrogen (secondary N) is 1. The molecular weight excluding hydrogens is 332 g/mol. The monoisotopic (exact) mass is 356 g/mol. The minimum absolute atomic E-state index is 0. The number of hydrogen-bond acceptors (Lipinski definition) is 2. The van der Waals surface area contributed by atoms with Crippen molar-refractivity contribution in [3.8, 4) is 0 Å². The quantitative estimate of drug-likeness (QED) is 0.913. The fourth-order valence-electron chi connectivity index (χ4n) is 3.93. The zero-order valence-electron chi connectivity index (χ0n) is 14.5. The van der Waals surface area contributed by atoms with E-state index in [4.69, 9.17) is 0 Å². The average Bonchev–Trinajstić information content (AvgIpc) is 2.59. The summed E-state index contributed by atoms with van der Waals surface area (Å²) in [6.45, 7) is 4.83. The summed E-state index contributed by atoms with van der Waals surface area (Å²) in [6.07, 6.45) is 0.945. The average molecular weight is 357 g/mol. The molecule has 0 bridgehead atoms. The summed E-state index contributed by atoms with van der Waals surface area (Å²) in [5.41, 5.74) is 3.85. The van der Waals surface area contributed by atoms with Gasteiger partial charge in [-0.1, -0.05) is 61.5 Å². The van der Waals surface area contributed by atoms with Crippen LogP contribution in [0.5, 0.6) is 0 Å². The molecule has 4 rings (SSSR count). The van der Waals surface area contributed by atoms with Crippen molar-refractivity contribution in [2.45, 2.75) is 19.4 Å². The number of carbonyl (C=O) groups excluding carboxylic acids is 1. The van der Waals surface area contributed by atoms with Crippen LogP contribution in [0.25, 0.3) is 0 Å². The molecule has 1 fully saturated rings. The molecule has 0 aromatic heterocycles. The Hall–Kier alpha value is -1.84. The Kier molecular flexibility index (Phi) is 5.45. The third kappa shape index (κ3) is 3.31. The standard InChI is InChI=1S/C21H24N2O.ClH/c1-15(18-13-22-14-18)21(24)23-12-11-16-7-5-6-10-19(16)20(23)17-8-3-2-4-9-17;/h2-10,15,18,20,22H,11-14H2,1H3;1H. The maximum atomic E-state index is 13.2. The summed E-state index contributed by atoms with van der Waals surface area (Å²) in [5, 5.41) is 3.29. The summed E-state index contributed by atoms with van der Waals surface area (Å²) >= 11 is 0. The predicted octanol–water partition coefficient (Wildman–Crippen LogP) is 3.44. The first-order valence-corrected chi connectivity index (χ1v) is 8.89. The maximum absolute atomic E-state index is 13.2. The van der Waals surface area contributed by atoms with Crippen molar-refractivity contribution in [2.24, 2.45) is 11.8 Å². The van der Waals surface area contributed by atoms with Crippen molar-refractivity contribution in [2.75, 3.05) is 19.6 Å². The van der Waals surface area contributed by atoms with Gasteiger partial charge in [0.1, 0.15) is 0 Å². The van der Waals surface area contributed by atoms with E-state index in [2.05, 4.69) is 65.7 Å². The molecule has 2 aliphatic heterocycles. The second-order valence-electron chi connectivity index (χ2n) is 7.00. The van der Waals surface area contributed by atoms with Crippen LogP contribution in [0.4, 0.5) is 0 Å². The minimum Gasteiger partial charge on any atom is -0.331 e. The number of benzene rings is 2. The highest BCUT2D eigenvalue weighted by Crippen LogP contribution is 2.36. The number of nitrogens with zero attached hydrogens (tertiary/aromatic N) is 1. The van der Waals surface area contributed by atoms with Gasteiger partial charge in [-0.05, 0) is 42.1 Å². The van der Waals surface area contributed by atoms with E-state index in [0.29, 0.717) is 11.8 Å². The maximum Gasteiger partial charge on any atom is 0.226 e. The van der Waals surface area contributed by atoms with E-state index >= 15 is 0 Å². The van der Waals surface area contributed by atoms with Gasteiger partial charge < -0.3 is 10.2 Å². The van der Waals surface area contributed by atoms with Gasteiger partial charge in [-0.25, -0.2) is 0 Å². The van der Waals surface area contributed by atoms with Gasteiger partial charge in [0.05, 0.1) is 6.04 Å². The van der Waals surface area contributed by atoms with Crippen molar-refractivity contribution in [1.82, 2.24) is 10.2 Å². The lowest BCUT2D eigenvalue weighted by atomic mass is 9.84. The molecule has 0 spiro atoms. The molecule has 0 radical (unpaired) electrons. The van der Waals surface area contributed by atoms with E-state index in [1.165, 1.54) is 16.7 Å². The van der Waals surface area contributed by atoms with Crippen molar-refractivity contribution in [3.05, 3.63) is 71.3 Å². The number of hydrogen-bond donors (Lipinski definition) is 1. The summed E-state index contributed by atoms with van der Waals surface area (Å²) in [6, 6.07) is 19.1. The van der Waals surface area contributed by atoms with Crippen LogP contribution in [0.3, 0.4) is 0 Å². The number of fused-ring (bicyclic) bond motifs is 1. The third-order valence-corrected chi connectivity index (χ3v) is 5.59. The van der Waals surface area contributed by atoms with Gasteiger partial charge in [0, 0.05) is 12.5 Å². The van der Waals surface area contributed by atoms with Crippen LogP contribution in [0.1, 0.15) is 29.7 Å². The largest absolute Gasteiger partial charge is 0.331 e. The van der Waals surface area contributed by atoms with E-state index < -0.39 is 0 Å². The van der Waals surface area contributed by atoms with Crippen LogP contribution in [0.15, 0.2) is 54.6 Å². The van der Waals surface area contributed by atoms with Crippen LogP contribution in [0.2, 0.25) is 0 Å². The van der Waals surface area contributed by atoms with Crippen LogP contribution in [-0.2, 0) is 11.2 Å². The van der Waals surface area contributed by atoms with Crippen molar-refractivity contribution in [1.29, 1.82) is 0 Å². The molecule has 2 aromatic rings. The Morgan fingerprint density at radius 3 is 2.44 bits per heavy atom. The second kappa shape index (κ2) is 7.59. The van der Waals surface area contributed by atoms with E-state index in [1.54, 1.807) is 0 Å². The van der Waals surface area contributed by atoms with Gasteiger partial charge in [-0.2, -0.15) is 0 Å². The van der Waals surface area contributed by atoms with E-state index in [0.717, 1.165) is 26.1 Å². The van der Waals surface area contributed by atoms with E-state index in [-0.39, 0.29) is 24.4 Å². The van der Waals surface area contributed by atoms with Crippen molar-refractivity contribution < 1.29 is 4.79 Å². The molecule has 2 unspecified atom stereocenters. The molecule has 2 aromatic carbocycles. The highest BCUT2D eigenvalue weighted by atomic mass is 35.5. The molecule has 4 heteroatoms. The molecule has 0 aliphatic carbocycles. The van der Waals surface area contributed by atoms with Gasteiger partial charge in [0.2, 0.25) is 5.91 Å². The number of amides is 1. The first-order chi connectivity index (χ1) is 11.8. The molecule has 132 valence electrons. The Balaban J connectivity index is 0.00000182. The number of rotatable bonds is 3. The first-order valence-electron chi connectivity index (χ1n) is 8.89. The Bertz CT molecular complexity index is 730. The highest BCUT2D eigenvalue weighted by Gasteiger charge is 2.37. The van der Waals surface area contributed by atoms with Gasteiger partial charge in [-0.3, -0.25) is 4.79 Å². The van der Waals surface area contributed by atoms with E-state index in [1.807, 2.05) is 6.07 Å². The molecule has 2 heterocycles. The van der Waals surface area contributed by atoms with Crippen molar-refractivity contribution >= 4 is 18.3 Å². The smallest absolute Gasteiger partial charge is 0.226 e. The fraction of sp³-hybridized carbons (Fsp3) is 0.381. The summed E-state index contributed by atoms with van der Waals surface area (Å²) in [4.78, 5) is 15.3. The molecule has 1 saturated heterocycles. The van der Waals surface area contributed by atoms with Crippen LogP contribution < -0.4 is 5.32 Å². The lowest BCUT2D eigenvalue weighted by molar-refractivity contribution is -0.139.